The summed E-state index contributed by atoms with van der Waals surface area (Å²) in [6, 6.07) is 18.4. The third kappa shape index (κ3) is 3.56. The van der Waals surface area contributed by atoms with Crippen molar-refractivity contribution in [2.24, 2.45) is 0 Å². The minimum atomic E-state index is -0.138. The summed E-state index contributed by atoms with van der Waals surface area (Å²) in [4.78, 5) is 21.7. The van der Waals surface area contributed by atoms with Crippen LogP contribution in [0.15, 0.2) is 67.0 Å². The number of aromatic nitrogens is 1. The summed E-state index contributed by atoms with van der Waals surface area (Å²) >= 11 is 0. The first-order chi connectivity index (χ1) is 14.3. The van der Waals surface area contributed by atoms with Gasteiger partial charge in [-0.15, -0.1) is 0 Å². The van der Waals surface area contributed by atoms with Gasteiger partial charge in [-0.25, -0.2) is 0 Å². The molecule has 2 aliphatic heterocycles. The van der Waals surface area contributed by atoms with E-state index in [0.717, 1.165) is 37.4 Å². The average Bonchev–Trinajstić information content (AvgIpc) is 3.45. The third-order valence-corrected chi connectivity index (χ3v) is 5.78. The molecule has 5 rings (SSSR count). The second-order valence-electron chi connectivity index (χ2n) is 7.66. The Kier molecular flexibility index (Phi) is 4.64. The van der Waals surface area contributed by atoms with Gasteiger partial charge in [-0.05, 0) is 61.2 Å². The van der Waals surface area contributed by atoms with Gasteiger partial charge in [-0.2, -0.15) is 0 Å². The fourth-order valence-electron chi connectivity index (χ4n) is 4.24. The maximum Gasteiger partial charge on any atom is 0.257 e. The van der Waals surface area contributed by atoms with Crippen LogP contribution in [-0.2, 0) is 6.42 Å². The largest absolute Gasteiger partial charge is 0.372 e. The van der Waals surface area contributed by atoms with Crippen LogP contribution in [0.4, 0.5) is 22.7 Å². The van der Waals surface area contributed by atoms with Crippen molar-refractivity contribution in [3.05, 3.63) is 78.1 Å². The van der Waals surface area contributed by atoms with Crippen molar-refractivity contribution in [2.45, 2.75) is 19.3 Å². The van der Waals surface area contributed by atoms with Crippen LogP contribution in [0.3, 0.4) is 0 Å². The lowest BCUT2D eigenvalue weighted by Crippen LogP contribution is -2.18. The van der Waals surface area contributed by atoms with E-state index in [0.29, 0.717) is 5.56 Å². The number of carbonyl (C=O) groups excluding carboxylic acids is 1. The van der Waals surface area contributed by atoms with Crippen LogP contribution < -0.4 is 15.1 Å². The van der Waals surface area contributed by atoms with Gasteiger partial charge >= 0.3 is 0 Å². The summed E-state index contributed by atoms with van der Waals surface area (Å²) in [5.41, 5.74) is 6.07. The molecule has 1 saturated heterocycles. The molecule has 0 aliphatic carbocycles. The minimum absolute atomic E-state index is 0.138. The number of amides is 1. The molecule has 2 aromatic carbocycles. The van der Waals surface area contributed by atoms with E-state index in [-0.39, 0.29) is 5.91 Å². The lowest BCUT2D eigenvalue weighted by atomic mass is 10.2. The molecule has 3 heterocycles. The monoisotopic (exact) mass is 384 g/mol. The number of rotatable bonds is 4. The zero-order chi connectivity index (χ0) is 19.6. The van der Waals surface area contributed by atoms with Gasteiger partial charge in [0, 0.05) is 42.9 Å². The highest BCUT2D eigenvalue weighted by atomic mass is 16.1. The topological polar surface area (TPSA) is 48.5 Å². The van der Waals surface area contributed by atoms with E-state index in [1.807, 2.05) is 30.5 Å². The molecule has 1 fully saturated rings. The standard InChI is InChI=1S/C24H24N4O/c29-24(26-20-7-9-21(10-8-20)27-12-3-4-13-27)19-15-22(17-25-16-19)28-14-11-18-5-1-2-6-23(18)28/h1-2,5-10,15-17H,3-4,11-14H2,(H,26,29). The Labute approximate surface area is 171 Å². The maximum absolute atomic E-state index is 12.8. The molecule has 0 unspecified atom stereocenters. The van der Waals surface area contributed by atoms with Gasteiger partial charge in [-0.3, -0.25) is 9.78 Å². The highest BCUT2D eigenvalue weighted by molar-refractivity contribution is 6.04. The van der Waals surface area contributed by atoms with Crippen molar-refractivity contribution in [2.75, 3.05) is 34.8 Å². The summed E-state index contributed by atoms with van der Waals surface area (Å²) in [6.45, 7) is 3.14. The number of carbonyl (C=O) groups is 1. The van der Waals surface area contributed by atoms with Crippen molar-refractivity contribution in [3.63, 3.8) is 0 Å². The van der Waals surface area contributed by atoms with E-state index in [4.69, 9.17) is 0 Å². The van der Waals surface area contributed by atoms with Crippen LogP contribution >= 0.6 is 0 Å². The number of fused-ring (bicyclic) bond motifs is 1. The molecule has 2 aliphatic rings. The molecular weight excluding hydrogens is 360 g/mol. The molecule has 0 bridgehead atoms. The van der Waals surface area contributed by atoms with E-state index in [9.17, 15) is 4.79 Å². The second kappa shape index (κ2) is 7.59. The smallest absolute Gasteiger partial charge is 0.257 e. The zero-order valence-electron chi connectivity index (χ0n) is 16.3. The Balaban J connectivity index is 1.31. The molecule has 5 heteroatoms. The van der Waals surface area contributed by atoms with E-state index in [1.165, 1.54) is 29.8 Å². The predicted molar refractivity (Wildman–Crippen MR) is 117 cm³/mol. The van der Waals surface area contributed by atoms with Crippen molar-refractivity contribution >= 4 is 28.7 Å². The van der Waals surface area contributed by atoms with Crippen molar-refractivity contribution < 1.29 is 4.79 Å². The number of nitrogens with one attached hydrogen (secondary N) is 1. The van der Waals surface area contributed by atoms with Gasteiger partial charge in [0.15, 0.2) is 0 Å². The van der Waals surface area contributed by atoms with Gasteiger partial charge in [0.2, 0.25) is 0 Å². The molecule has 3 aromatic rings. The van der Waals surface area contributed by atoms with Crippen LogP contribution in [0.2, 0.25) is 0 Å². The SMILES string of the molecule is O=C(Nc1ccc(N2CCCC2)cc1)c1cncc(N2CCc3ccccc32)c1. The van der Waals surface area contributed by atoms with Gasteiger partial charge in [0.25, 0.3) is 5.91 Å². The first-order valence-electron chi connectivity index (χ1n) is 10.2. The van der Waals surface area contributed by atoms with Crippen LogP contribution in [0.25, 0.3) is 0 Å². The van der Waals surface area contributed by atoms with E-state index in [2.05, 4.69) is 50.4 Å². The van der Waals surface area contributed by atoms with Crippen LogP contribution in [0.5, 0.6) is 0 Å². The number of pyridine rings is 1. The number of hydrogen-bond donors (Lipinski definition) is 1. The number of hydrogen-bond acceptors (Lipinski definition) is 4. The summed E-state index contributed by atoms with van der Waals surface area (Å²) in [7, 11) is 0. The molecule has 146 valence electrons. The normalized spacial score (nSPS) is 15.4. The number of benzene rings is 2. The van der Waals surface area contributed by atoms with Gasteiger partial charge in [-0.1, -0.05) is 18.2 Å². The fourth-order valence-corrected chi connectivity index (χ4v) is 4.24. The second-order valence-corrected chi connectivity index (χ2v) is 7.66. The highest BCUT2D eigenvalue weighted by Gasteiger charge is 2.21. The Bertz CT molecular complexity index is 1030. The third-order valence-electron chi connectivity index (χ3n) is 5.78. The molecule has 0 radical (unpaired) electrons. The molecule has 29 heavy (non-hydrogen) atoms. The molecule has 0 saturated carbocycles. The lowest BCUT2D eigenvalue weighted by molar-refractivity contribution is 0.102. The van der Waals surface area contributed by atoms with Crippen molar-refractivity contribution in [3.8, 4) is 0 Å². The highest BCUT2D eigenvalue weighted by Crippen LogP contribution is 2.34. The van der Waals surface area contributed by atoms with E-state index in [1.54, 1.807) is 6.20 Å². The maximum atomic E-state index is 12.8. The number of anilines is 4. The Morgan fingerprint density at radius 1 is 0.897 bits per heavy atom. The number of para-hydroxylation sites is 1. The van der Waals surface area contributed by atoms with Gasteiger partial charge in [0.05, 0.1) is 17.4 Å². The quantitative estimate of drug-likeness (QED) is 0.713. The Hall–Kier alpha value is -3.34. The molecule has 1 amide bonds. The molecule has 5 nitrogen and oxygen atoms in total. The van der Waals surface area contributed by atoms with Gasteiger partial charge < -0.3 is 15.1 Å². The first kappa shape index (κ1) is 17.7. The fraction of sp³-hybridized carbons (Fsp3) is 0.250. The van der Waals surface area contributed by atoms with Crippen molar-refractivity contribution in [1.82, 2.24) is 4.98 Å². The van der Waals surface area contributed by atoms with Crippen LogP contribution in [0.1, 0.15) is 28.8 Å². The molecule has 0 atom stereocenters. The average molecular weight is 384 g/mol. The van der Waals surface area contributed by atoms with Crippen molar-refractivity contribution in [1.29, 1.82) is 0 Å². The molecule has 0 spiro atoms. The molecule has 1 N–H and O–H groups in total. The summed E-state index contributed by atoms with van der Waals surface area (Å²) < 4.78 is 0. The zero-order valence-corrected chi connectivity index (χ0v) is 16.3. The Morgan fingerprint density at radius 2 is 1.69 bits per heavy atom. The summed E-state index contributed by atoms with van der Waals surface area (Å²) in [5.74, 6) is -0.138. The lowest BCUT2D eigenvalue weighted by Gasteiger charge is -2.20. The minimum Gasteiger partial charge on any atom is -0.372 e. The van der Waals surface area contributed by atoms with E-state index < -0.39 is 0 Å². The predicted octanol–water partition coefficient (Wildman–Crippen LogP) is 4.63. The number of nitrogens with zero attached hydrogens (tertiary/aromatic N) is 3. The van der Waals surface area contributed by atoms with Crippen LogP contribution in [0, 0.1) is 0 Å². The molecular formula is C24H24N4O. The van der Waals surface area contributed by atoms with E-state index >= 15 is 0 Å². The van der Waals surface area contributed by atoms with Crippen LogP contribution in [-0.4, -0.2) is 30.5 Å². The Morgan fingerprint density at radius 3 is 2.52 bits per heavy atom. The summed E-state index contributed by atoms with van der Waals surface area (Å²) in [6.07, 6.45) is 6.96. The molecule has 1 aromatic heterocycles. The summed E-state index contributed by atoms with van der Waals surface area (Å²) in [5, 5.41) is 3.00. The van der Waals surface area contributed by atoms with Gasteiger partial charge in [0.1, 0.15) is 0 Å². The first-order valence-corrected chi connectivity index (χ1v) is 10.2.